The third kappa shape index (κ3) is 1.97. The zero-order chi connectivity index (χ0) is 13.2. The summed E-state index contributed by atoms with van der Waals surface area (Å²) in [6, 6.07) is 20.6. The van der Waals surface area contributed by atoms with Crippen LogP contribution >= 0.6 is 0 Å². The molecule has 0 spiro atoms. The summed E-state index contributed by atoms with van der Waals surface area (Å²) in [7, 11) is 0. The summed E-state index contributed by atoms with van der Waals surface area (Å²) in [6.45, 7) is 0. The van der Waals surface area contributed by atoms with Gasteiger partial charge in [-0.15, -0.1) is 0 Å². The molecule has 2 heteroatoms. The summed E-state index contributed by atoms with van der Waals surface area (Å²) in [4.78, 5) is 12.5. The Morgan fingerprint density at radius 3 is 2.11 bits per heavy atom. The van der Waals surface area contributed by atoms with Crippen molar-refractivity contribution in [2.24, 2.45) is 0 Å². The smallest absolute Gasteiger partial charge is 0.193 e. The monoisotopic (exact) mass is 247 g/mol. The van der Waals surface area contributed by atoms with Crippen molar-refractivity contribution in [1.82, 2.24) is 0 Å². The van der Waals surface area contributed by atoms with E-state index in [2.05, 4.69) is 0 Å². The minimum Gasteiger partial charge on any atom is -0.398 e. The fourth-order valence-corrected chi connectivity index (χ4v) is 2.27. The highest BCUT2D eigenvalue weighted by molar-refractivity contribution is 6.17. The largest absolute Gasteiger partial charge is 0.398 e. The molecule has 3 aromatic rings. The van der Waals surface area contributed by atoms with E-state index < -0.39 is 0 Å². The van der Waals surface area contributed by atoms with Gasteiger partial charge in [0.15, 0.2) is 5.78 Å². The minimum atomic E-state index is 0.0248. The fourth-order valence-electron chi connectivity index (χ4n) is 2.27. The maximum absolute atomic E-state index is 12.5. The van der Waals surface area contributed by atoms with Gasteiger partial charge in [-0.25, -0.2) is 0 Å². The molecule has 0 atom stereocenters. The van der Waals surface area contributed by atoms with Crippen LogP contribution in [-0.2, 0) is 0 Å². The van der Waals surface area contributed by atoms with E-state index in [1.807, 2.05) is 54.6 Å². The van der Waals surface area contributed by atoms with Crippen molar-refractivity contribution in [3.8, 4) is 0 Å². The second-order valence-electron chi connectivity index (χ2n) is 4.44. The fraction of sp³-hybridized carbons (Fsp3) is 0. The summed E-state index contributed by atoms with van der Waals surface area (Å²) in [5.74, 6) is 0.0248. The van der Waals surface area contributed by atoms with E-state index in [0.29, 0.717) is 16.8 Å². The number of carbonyl (C=O) groups excluding carboxylic acids is 1. The Hall–Kier alpha value is -2.61. The number of hydrogen-bond donors (Lipinski definition) is 1. The number of anilines is 1. The van der Waals surface area contributed by atoms with E-state index >= 15 is 0 Å². The van der Waals surface area contributed by atoms with Crippen molar-refractivity contribution < 1.29 is 4.79 Å². The van der Waals surface area contributed by atoms with Crippen LogP contribution in [0.5, 0.6) is 0 Å². The van der Waals surface area contributed by atoms with Gasteiger partial charge in [-0.05, 0) is 17.5 Å². The number of nitrogen functional groups attached to an aromatic ring is 1. The SMILES string of the molecule is Nc1ccc(C(=O)c2ccccc2)c2ccccc12. The summed E-state index contributed by atoms with van der Waals surface area (Å²) >= 11 is 0. The second-order valence-corrected chi connectivity index (χ2v) is 4.44. The molecule has 19 heavy (non-hydrogen) atoms. The number of hydrogen-bond acceptors (Lipinski definition) is 2. The van der Waals surface area contributed by atoms with Crippen LogP contribution in [0.15, 0.2) is 66.7 Å². The average Bonchev–Trinajstić information content (AvgIpc) is 2.48. The molecule has 2 nitrogen and oxygen atoms in total. The normalized spacial score (nSPS) is 10.5. The lowest BCUT2D eigenvalue weighted by Crippen LogP contribution is -2.02. The van der Waals surface area contributed by atoms with Crippen molar-refractivity contribution in [2.45, 2.75) is 0 Å². The van der Waals surface area contributed by atoms with Gasteiger partial charge < -0.3 is 5.73 Å². The van der Waals surface area contributed by atoms with E-state index in [4.69, 9.17) is 5.73 Å². The van der Waals surface area contributed by atoms with Gasteiger partial charge in [0.1, 0.15) is 0 Å². The van der Waals surface area contributed by atoms with Crippen molar-refractivity contribution in [1.29, 1.82) is 0 Å². The van der Waals surface area contributed by atoms with Crippen LogP contribution in [0.2, 0.25) is 0 Å². The molecule has 3 aromatic carbocycles. The van der Waals surface area contributed by atoms with Crippen LogP contribution in [0.25, 0.3) is 10.8 Å². The lowest BCUT2D eigenvalue weighted by atomic mass is 9.96. The summed E-state index contributed by atoms with van der Waals surface area (Å²) in [5.41, 5.74) is 8.03. The first-order valence-electron chi connectivity index (χ1n) is 6.14. The molecule has 2 N–H and O–H groups in total. The zero-order valence-electron chi connectivity index (χ0n) is 10.3. The molecule has 0 heterocycles. The van der Waals surface area contributed by atoms with E-state index in [9.17, 15) is 4.79 Å². The van der Waals surface area contributed by atoms with Crippen LogP contribution in [0, 0.1) is 0 Å². The zero-order valence-corrected chi connectivity index (χ0v) is 10.3. The first kappa shape index (κ1) is 11.5. The lowest BCUT2D eigenvalue weighted by molar-refractivity contribution is 0.104. The third-order valence-corrected chi connectivity index (χ3v) is 3.24. The van der Waals surface area contributed by atoms with Crippen LogP contribution in [0.3, 0.4) is 0 Å². The van der Waals surface area contributed by atoms with E-state index in [0.717, 1.165) is 10.8 Å². The van der Waals surface area contributed by atoms with Crippen molar-refractivity contribution in [2.75, 3.05) is 5.73 Å². The molecule has 0 saturated heterocycles. The minimum absolute atomic E-state index is 0.0248. The first-order valence-corrected chi connectivity index (χ1v) is 6.14. The Balaban J connectivity index is 2.22. The van der Waals surface area contributed by atoms with Gasteiger partial charge in [-0.3, -0.25) is 4.79 Å². The molecule has 0 saturated carbocycles. The van der Waals surface area contributed by atoms with Gasteiger partial charge in [0.25, 0.3) is 0 Å². The van der Waals surface area contributed by atoms with E-state index in [-0.39, 0.29) is 5.78 Å². The molecular weight excluding hydrogens is 234 g/mol. The van der Waals surface area contributed by atoms with E-state index in [1.54, 1.807) is 12.1 Å². The molecule has 0 aliphatic rings. The Morgan fingerprint density at radius 1 is 0.737 bits per heavy atom. The molecule has 0 fully saturated rings. The van der Waals surface area contributed by atoms with Crippen molar-refractivity contribution in [3.63, 3.8) is 0 Å². The Bertz CT molecular complexity index is 748. The molecular formula is C17H13NO. The molecule has 92 valence electrons. The highest BCUT2D eigenvalue weighted by Crippen LogP contribution is 2.26. The number of carbonyl (C=O) groups is 1. The second kappa shape index (κ2) is 4.58. The van der Waals surface area contributed by atoms with Gasteiger partial charge in [0.2, 0.25) is 0 Å². The van der Waals surface area contributed by atoms with Crippen LogP contribution in [0.1, 0.15) is 15.9 Å². The molecule has 0 aromatic heterocycles. The Labute approximate surface area is 111 Å². The summed E-state index contributed by atoms with van der Waals surface area (Å²) in [6.07, 6.45) is 0. The number of benzene rings is 3. The molecule has 0 aliphatic carbocycles. The van der Waals surface area contributed by atoms with Gasteiger partial charge in [0, 0.05) is 22.2 Å². The molecule has 0 radical (unpaired) electrons. The molecule has 0 unspecified atom stereocenters. The van der Waals surface area contributed by atoms with Gasteiger partial charge in [-0.1, -0.05) is 54.6 Å². The average molecular weight is 247 g/mol. The summed E-state index contributed by atoms with van der Waals surface area (Å²) in [5, 5.41) is 1.82. The van der Waals surface area contributed by atoms with Gasteiger partial charge >= 0.3 is 0 Å². The molecule has 3 rings (SSSR count). The predicted molar refractivity (Wildman–Crippen MR) is 78.2 cm³/mol. The quantitative estimate of drug-likeness (QED) is 0.555. The summed E-state index contributed by atoms with van der Waals surface area (Å²) < 4.78 is 0. The van der Waals surface area contributed by atoms with Crippen LogP contribution in [-0.4, -0.2) is 5.78 Å². The van der Waals surface area contributed by atoms with Crippen LogP contribution < -0.4 is 5.73 Å². The van der Waals surface area contributed by atoms with Crippen molar-refractivity contribution in [3.05, 3.63) is 77.9 Å². The third-order valence-electron chi connectivity index (χ3n) is 3.24. The van der Waals surface area contributed by atoms with Crippen molar-refractivity contribution >= 4 is 22.2 Å². The number of fused-ring (bicyclic) bond motifs is 1. The maximum Gasteiger partial charge on any atom is 0.193 e. The van der Waals surface area contributed by atoms with E-state index in [1.165, 1.54) is 0 Å². The predicted octanol–water partition coefficient (Wildman–Crippen LogP) is 3.65. The molecule has 0 aliphatic heterocycles. The highest BCUT2D eigenvalue weighted by atomic mass is 16.1. The number of nitrogens with two attached hydrogens (primary N) is 1. The standard InChI is InChI=1S/C17H13NO/c18-16-11-10-15(13-8-4-5-9-14(13)16)17(19)12-6-2-1-3-7-12/h1-11H,18H2. The highest BCUT2D eigenvalue weighted by Gasteiger charge is 2.12. The molecule has 0 amide bonds. The molecule has 0 bridgehead atoms. The topological polar surface area (TPSA) is 43.1 Å². The van der Waals surface area contributed by atoms with Crippen LogP contribution in [0.4, 0.5) is 5.69 Å². The van der Waals surface area contributed by atoms with Gasteiger partial charge in [0.05, 0.1) is 0 Å². The Kier molecular flexibility index (Phi) is 2.76. The lowest BCUT2D eigenvalue weighted by Gasteiger charge is -2.08. The Morgan fingerprint density at radius 2 is 1.37 bits per heavy atom. The number of ketones is 1. The first-order chi connectivity index (χ1) is 9.27. The maximum atomic E-state index is 12.5. The van der Waals surface area contributed by atoms with Gasteiger partial charge in [-0.2, -0.15) is 0 Å². The number of rotatable bonds is 2.